The van der Waals surface area contributed by atoms with Gasteiger partial charge in [-0.2, -0.15) is 0 Å². The zero-order chi connectivity index (χ0) is 22.3. The summed E-state index contributed by atoms with van der Waals surface area (Å²) in [5.74, 6) is -1.57. The van der Waals surface area contributed by atoms with Crippen molar-refractivity contribution in [2.24, 2.45) is 22.9 Å². The first-order chi connectivity index (χ1) is 14.2. The third-order valence-electron chi connectivity index (χ3n) is 5.20. The average Bonchev–Trinajstić information content (AvgIpc) is 3.20. The number of benzene rings is 1. The van der Waals surface area contributed by atoms with E-state index >= 15 is 0 Å². The summed E-state index contributed by atoms with van der Waals surface area (Å²) in [6.07, 6.45) is 1.50. The van der Waals surface area contributed by atoms with E-state index in [1.807, 2.05) is 0 Å². The van der Waals surface area contributed by atoms with E-state index in [9.17, 15) is 19.5 Å². The number of phenols is 1. The van der Waals surface area contributed by atoms with Crippen LogP contribution in [0.15, 0.2) is 24.3 Å². The van der Waals surface area contributed by atoms with Crippen molar-refractivity contribution in [1.82, 2.24) is 10.2 Å². The summed E-state index contributed by atoms with van der Waals surface area (Å²) in [6, 6.07) is 3.80. The number of carbonyl (C=O) groups is 3. The standard InChI is InChI=1S/C20H32N6O4/c21-14(3-1-9-25-20(23)24)17(28)18(29)16-4-2-10-26(16)19(30)15(22)11-12-5-7-13(27)8-6-12/h5-8,14-16,20,25,27H,1-4,9-11,21-24H2/t14-,15-,16-/m0/s1. The van der Waals surface area contributed by atoms with Gasteiger partial charge in [0.1, 0.15) is 12.0 Å². The summed E-state index contributed by atoms with van der Waals surface area (Å²) < 4.78 is 0. The Kier molecular flexibility index (Phi) is 8.88. The number of likely N-dealkylation sites (tertiary alicyclic amines) is 1. The first-order valence-corrected chi connectivity index (χ1v) is 10.1. The van der Waals surface area contributed by atoms with Gasteiger partial charge in [-0.1, -0.05) is 12.1 Å². The summed E-state index contributed by atoms with van der Waals surface area (Å²) >= 11 is 0. The smallest absolute Gasteiger partial charge is 0.240 e. The molecule has 0 saturated carbocycles. The maximum Gasteiger partial charge on any atom is 0.240 e. The fourth-order valence-corrected chi connectivity index (χ4v) is 3.56. The molecule has 1 aliphatic heterocycles. The summed E-state index contributed by atoms with van der Waals surface area (Å²) in [4.78, 5) is 39.4. The molecule has 1 heterocycles. The molecule has 0 bridgehead atoms. The number of ketones is 2. The number of hydrogen-bond donors (Lipinski definition) is 6. The summed E-state index contributed by atoms with van der Waals surface area (Å²) in [6.45, 7) is 0.854. The normalized spacial score (nSPS) is 18.4. The van der Waals surface area contributed by atoms with Gasteiger partial charge in [0, 0.05) is 6.54 Å². The van der Waals surface area contributed by atoms with Crippen LogP contribution in [0.2, 0.25) is 0 Å². The van der Waals surface area contributed by atoms with Gasteiger partial charge in [0.15, 0.2) is 0 Å². The number of nitrogens with two attached hydrogens (primary N) is 4. The highest BCUT2D eigenvalue weighted by atomic mass is 16.3. The Balaban J connectivity index is 1.92. The van der Waals surface area contributed by atoms with Crippen LogP contribution >= 0.6 is 0 Å². The lowest BCUT2D eigenvalue weighted by atomic mass is 9.98. The van der Waals surface area contributed by atoms with Crippen LogP contribution in [0.1, 0.15) is 31.2 Å². The molecule has 166 valence electrons. The second kappa shape index (κ2) is 11.1. The van der Waals surface area contributed by atoms with Gasteiger partial charge in [-0.3, -0.25) is 19.7 Å². The number of aromatic hydroxyl groups is 1. The molecule has 1 amide bonds. The number of rotatable bonds is 11. The Hall–Kier alpha value is -2.37. The quantitative estimate of drug-likeness (QED) is 0.137. The lowest BCUT2D eigenvalue weighted by molar-refractivity contribution is -0.144. The third-order valence-corrected chi connectivity index (χ3v) is 5.20. The molecule has 10 N–H and O–H groups in total. The number of carbonyl (C=O) groups excluding carboxylic acids is 3. The minimum absolute atomic E-state index is 0.125. The highest BCUT2D eigenvalue weighted by Gasteiger charge is 2.39. The number of amides is 1. The van der Waals surface area contributed by atoms with Crippen LogP contribution in [0.4, 0.5) is 0 Å². The second-order valence-corrected chi connectivity index (χ2v) is 7.62. The molecule has 2 rings (SSSR count). The first-order valence-electron chi connectivity index (χ1n) is 10.1. The van der Waals surface area contributed by atoms with E-state index in [1.54, 1.807) is 12.1 Å². The van der Waals surface area contributed by atoms with E-state index < -0.39 is 36.0 Å². The molecule has 3 atom stereocenters. The molecule has 0 radical (unpaired) electrons. The largest absolute Gasteiger partial charge is 0.508 e. The minimum atomic E-state index is -0.934. The first kappa shape index (κ1) is 23.9. The fourth-order valence-electron chi connectivity index (χ4n) is 3.56. The lowest BCUT2D eigenvalue weighted by Gasteiger charge is -2.27. The number of Topliss-reactive ketones (excluding diaryl/α,β-unsaturated/α-hetero) is 2. The van der Waals surface area contributed by atoms with Gasteiger partial charge in [0.05, 0.1) is 18.1 Å². The molecule has 1 aromatic carbocycles. The van der Waals surface area contributed by atoms with E-state index in [1.165, 1.54) is 17.0 Å². The highest BCUT2D eigenvalue weighted by Crippen LogP contribution is 2.21. The molecule has 1 aromatic rings. The zero-order valence-corrected chi connectivity index (χ0v) is 17.0. The van der Waals surface area contributed by atoms with Gasteiger partial charge in [-0.25, -0.2) is 0 Å². The van der Waals surface area contributed by atoms with Gasteiger partial charge < -0.3 is 32.9 Å². The van der Waals surface area contributed by atoms with Crippen molar-refractivity contribution in [3.63, 3.8) is 0 Å². The highest BCUT2D eigenvalue weighted by molar-refractivity contribution is 6.41. The Morgan fingerprint density at radius 1 is 1.10 bits per heavy atom. The van der Waals surface area contributed by atoms with Crippen molar-refractivity contribution in [2.45, 2.75) is 56.5 Å². The predicted octanol–water partition coefficient (Wildman–Crippen LogP) is -1.71. The fraction of sp³-hybridized carbons (Fsp3) is 0.550. The molecule has 0 aliphatic carbocycles. The van der Waals surface area contributed by atoms with Crippen LogP contribution in [0, 0.1) is 0 Å². The summed E-state index contributed by atoms with van der Waals surface area (Å²) in [7, 11) is 0. The summed E-state index contributed by atoms with van der Waals surface area (Å²) in [5, 5.41) is 12.2. The van der Waals surface area contributed by atoms with Gasteiger partial charge >= 0.3 is 0 Å². The Bertz CT molecular complexity index is 739. The average molecular weight is 421 g/mol. The number of hydrogen-bond acceptors (Lipinski definition) is 9. The van der Waals surface area contributed by atoms with E-state index in [4.69, 9.17) is 22.9 Å². The topological polar surface area (TPSA) is 191 Å². The number of phenolic OH excluding ortho intramolecular Hbond substituents is 1. The Morgan fingerprint density at radius 2 is 1.77 bits per heavy atom. The molecule has 1 aliphatic rings. The number of nitrogens with one attached hydrogen (secondary N) is 1. The second-order valence-electron chi connectivity index (χ2n) is 7.62. The van der Waals surface area contributed by atoms with Gasteiger partial charge in [0.2, 0.25) is 17.5 Å². The molecule has 1 fully saturated rings. The lowest BCUT2D eigenvalue weighted by Crippen LogP contribution is -2.52. The van der Waals surface area contributed by atoms with Crippen molar-refractivity contribution in [1.29, 1.82) is 0 Å². The molecule has 30 heavy (non-hydrogen) atoms. The molecule has 0 spiro atoms. The summed E-state index contributed by atoms with van der Waals surface area (Å²) in [5.41, 5.74) is 23.5. The monoisotopic (exact) mass is 420 g/mol. The Morgan fingerprint density at radius 3 is 2.40 bits per heavy atom. The molecule has 10 heteroatoms. The van der Waals surface area contributed by atoms with Crippen molar-refractivity contribution in [3.05, 3.63) is 29.8 Å². The number of nitrogens with zero attached hydrogens (tertiary/aromatic N) is 1. The zero-order valence-electron chi connectivity index (χ0n) is 17.0. The maximum atomic E-state index is 12.8. The van der Waals surface area contributed by atoms with Crippen LogP contribution in [-0.2, 0) is 20.8 Å². The predicted molar refractivity (Wildman–Crippen MR) is 112 cm³/mol. The van der Waals surface area contributed by atoms with E-state index in [0.717, 1.165) is 5.56 Å². The molecule has 0 aromatic heterocycles. The molecular formula is C20H32N6O4. The van der Waals surface area contributed by atoms with Crippen LogP contribution in [0.3, 0.4) is 0 Å². The van der Waals surface area contributed by atoms with Gasteiger partial charge in [-0.15, -0.1) is 0 Å². The van der Waals surface area contributed by atoms with E-state index in [2.05, 4.69) is 5.32 Å². The van der Waals surface area contributed by atoms with Gasteiger partial charge in [-0.05, 0) is 56.3 Å². The third kappa shape index (κ3) is 6.57. The van der Waals surface area contributed by atoms with Crippen molar-refractivity contribution in [2.75, 3.05) is 13.1 Å². The van der Waals surface area contributed by atoms with E-state index in [0.29, 0.717) is 38.8 Å². The van der Waals surface area contributed by atoms with E-state index in [-0.39, 0.29) is 18.1 Å². The SMILES string of the molecule is NC(N)NCCC[C@H](N)C(=O)C(=O)[C@@H]1CCCN1C(=O)[C@@H](N)Cc1ccc(O)cc1. The maximum absolute atomic E-state index is 12.8. The molecule has 1 saturated heterocycles. The van der Waals surface area contributed by atoms with Crippen molar-refractivity contribution >= 4 is 17.5 Å². The van der Waals surface area contributed by atoms with Crippen LogP contribution in [-0.4, -0.2) is 65.0 Å². The molecular weight excluding hydrogens is 388 g/mol. The van der Waals surface area contributed by atoms with Crippen LogP contribution in [0.25, 0.3) is 0 Å². The van der Waals surface area contributed by atoms with Gasteiger partial charge in [0.25, 0.3) is 0 Å². The van der Waals surface area contributed by atoms with Crippen molar-refractivity contribution in [3.8, 4) is 5.75 Å². The minimum Gasteiger partial charge on any atom is -0.508 e. The van der Waals surface area contributed by atoms with Crippen LogP contribution in [0.5, 0.6) is 5.75 Å². The molecule has 10 nitrogen and oxygen atoms in total. The molecule has 0 unspecified atom stereocenters. The van der Waals surface area contributed by atoms with Crippen LogP contribution < -0.4 is 28.3 Å². The Labute approximate surface area is 175 Å². The van der Waals surface area contributed by atoms with Crippen molar-refractivity contribution < 1.29 is 19.5 Å².